The normalized spacial score (nSPS) is 14.3. The van der Waals surface area contributed by atoms with Gasteiger partial charge in [0.05, 0.1) is 35.1 Å². The van der Waals surface area contributed by atoms with Crippen LogP contribution in [0.3, 0.4) is 0 Å². The molecule has 0 aliphatic carbocycles. The number of benzene rings is 2. The molecule has 0 bridgehead atoms. The van der Waals surface area contributed by atoms with Crippen molar-refractivity contribution in [3.8, 4) is 11.5 Å². The van der Waals surface area contributed by atoms with E-state index in [4.69, 9.17) is 9.72 Å². The molecule has 3 heterocycles. The molecule has 7 heteroatoms. The average Bonchev–Trinajstić information content (AvgIpc) is 3.44. The molecule has 150 valence electrons. The minimum absolute atomic E-state index is 0.164. The molecule has 0 spiro atoms. The van der Waals surface area contributed by atoms with Crippen LogP contribution in [0.1, 0.15) is 22.6 Å². The van der Waals surface area contributed by atoms with Gasteiger partial charge in [0.25, 0.3) is 5.91 Å². The number of ether oxygens (including phenoxy) is 1. The number of phenolic OH excluding ortho intramolecular Hbond substituents is 1. The molecule has 2 aromatic carbocycles. The first-order valence-electron chi connectivity index (χ1n) is 9.66. The van der Waals surface area contributed by atoms with Gasteiger partial charge in [0.2, 0.25) is 0 Å². The zero-order valence-corrected chi connectivity index (χ0v) is 16.3. The Labute approximate surface area is 172 Å². The fraction of sp³-hybridized carbons (Fsp3) is 0.130. The number of fused-ring (bicyclic) bond motifs is 3. The molecule has 0 saturated carbocycles. The molecule has 4 N–H and O–H groups in total. The maximum Gasteiger partial charge on any atom is 0.256 e. The minimum atomic E-state index is -0.164. The highest BCUT2D eigenvalue weighted by atomic mass is 16.5. The number of rotatable bonds is 5. The molecule has 7 nitrogen and oxygen atoms in total. The molecule has 0 saturated heterocycles. The Bertz CT molecular complexity index is 1280. The van der Waals surface area contributed by atoms with Gasteiger partial charge in [0, 0.05) is 18.2 Å². The molecule has 1 aliphatic heterocycles. The third kappa shape index (κ3) is 3.10. The number of H-pyrrole nitrogens is 2. The maximum absolute atomic E-state index is 12.7. The van der Waals surface area contributed by atoms with Crippen LogP contribution in [-0.2, 0) is 17.6 Å². The Kier molecular flexibility index (Phi) is 4.28. The van der Waals surface area contributed by atoms with Crippen molar-refractivity contribution in [3.05, 3.63) is 71.3 Å². The lowest BCUT2D eigenvalue weighted by molar-refractivity contribution is -0.110. The first kappa shape index (κ1) is 18.1. The molecule has 1 amide bonds. The molecule has 30 heavy (non-hydrogen) atoms. The van der Waals surface area contributed by atoms with Crippen LogP contribution in [0, 0.1) is 0 Å². The van der Waals surface area contributed by atoms with Crippen LogP contribution in [0.2, 0.25) is 0 Å². The Hall–Kier alpha value is -4.00. The second kappa shape index (κ2) is 7.11. The van der Waals surface area contributed by atoms with Gasteiger partial charge in [-0.25, -0.2) is 4.98 Å². The molecule has 0 unspecified atom stereocenters. The van der Waals surface area contributed by atoms with Crippen LogP contribution < -0.4 is 10.1 Å². The van der Waals surface area contributed by atoms with Crippen molar-refractivity contribution >= 4 is 34.3 Å². The monoisotopic (exact) mass is 400 g/mol. The number of phenols is 1. The number of anilines is 1. The summed E-state index contributed by atoms with van der Waals surface area (Å²) >= 11 is 0. The topological polar surface area (TPSA) is 103 Å². The number of nitrogens with zero attached hydrogens (tertiary/aromatic N) is 1. The van der Waals surface area contributed by atoms with Gasteiger partial charge in [-0.1, -0.05) is 12.1 Å². The molecule has 4 aromatic rings. The number of aromatic nitrogens is 3. The Balaban J connectivity index is 1.51. The number of carbonyl (C=O) groups is 1. The van der Waals surface area contributed by atoms with E-state index in [-0.39, 0.29) is 11.7 Å². The molecule has 5 rings (SSSR count). The lowest BCUT2D eigenvalue weighted by Crippen LogP contribution is -2.03. The first-order chi connectivity index (χ1) is 14.6. The number of methoxy groups -OCH3 is 1. The highest BCUT2D eigenvalue weighted by molar-refractivity contribution is 6.37. The van der Waals surface area contributed by atoms with Crippen LogP contribution in [0.4, 0.5) is 5.69 Å². The molecule has 0 radical (unpaired) electrons. The van der Waals surface area contributed by atoms with Crippen molar-refractivity contribution in [3.63, 3.8) is 0 Å². The van der Waals surface area contributed by atoms with E-state index in [2.05, 4.69) is 15.3 Å². The summed E-state index contributed by atoms with van der Waals surface area (Å²) < 4.78 is 5.35. The van der Waals surface area contributed by atoms with E-state index in [9.17, 15) is 9.90 Å². The Morgan fingerprint density at radius 1 is 1.10 bits per heavy atom. The van der Waals surface area contributed by atoms with E-state index in [1.54, 1.807) is 31.5 Å². The van der Waals surface area contributed by atoms with Crippen LogP contribution in [0.25, 0.3) is 22.7 Å². The molecule has 2 aromatic heterocycles. The average molecular weight is 400 g/mol. The third-order valence-corrected chi connectivity index (χ3v) is 5.30. The Morgan fingerprint density at radius 3 is 2.73 bits per heavy atom. The van der Waals surface area contributed by atoms with Crippen molar-refractivity contribution in [2.24, 2.45) is 0 Å². The summed E-state index contributed by atoms with van der Waals surface area (Å²) in [7, 11) is 1.60. The Morgan fingerprint density at radius 2 is 1.93 bits per heavy atom. The molecule has 0 atom stereocenters. The van der Waals surface area contributed by atoms with Gasteiger partial charge < -0.3 is 25.1 Å². The summed E-state index contributed by atoms with van der Waals surface area (Å²) in [6.45, 7) is 0. The second-order valence-corrected chi connectivity index (χ2v) is 7.21. The molecule has 0 fully saturated rings. The smallest absolute Gasteiger partial charge is 0.256 e. The standard InChI is InChI=1S/C23H20N4O3/c1-30-19-10-11-24-18(19)12-15-21-16(26-23(15)29)7-8-17-22(21)27-20(25-17)9-4-13-2-5-14(28)6-3-13/h2-3,5-8,10-12,24,28H,4,9H2,1H3,(H,25,27)(H,26,29)/b15-12-. The van der Waals surface area contributed by atoms with E-state index in [0.29, 0.717) is 11.3 Å². The summed E-state index contributed by atoms with van der Waals surface area (Å²) in [4.78, 5) is 23.9. The summed E-state index contributed by atoms with van der Waals surface area (Å²) in [6.07, 6.45) is 5.08. The number of nitrogens with one attached hydrogen (secondary N) is 3. The van der Waals surface area contributed by atoms with Crippen molar-refractivity contribution < 1.29 is 14.6 Å². The van der Waals surface area contributed by atoms with E-state index < -0.39 is 0 Å². The van der Waals surface area contributed by atoms with E-state index in [1.165, 1.54) is 0 Å². The zero-order chi connectivity index (χ0) is 20.7. The number of hydrogen-bond acceptors (Lipinski definition) is 4. The van der Waals surface area contributed by atoms with Crippen molar-refractivity contribution in [1.29, 1.82) is 0 Å². The largest absolute Gasteiger partial charge is 0.508 e. The number of aromatic hydroxyl groups is 1. The molecular weight excluding hydrogens is 380 g/mol. The summed E-state index contributed by atoms with van der Waals surface area (Å²) in [5.41, 5.74) is 5.60. The van der Waals surface area contributed by atoms with Gasteiger partial charge in [0.1, 0.15) is 17.3 Å². The number of hydrogen-bond donors (Lipinski definition) is 4. The van der Waals surface area contributed by atoms with Crippen molar-refractivity contribution in [1.82, 2.24) is 15.0 Å². The fourth-order valence-corrected chi connectivity index (χ4v) is 3.79. The number of aryl methyl sites for hydroxylation is 2. The van der Waals surface area contributed by atoms with Gasteiger partial charge in [-0.3, -0.25) is 4.79 Å². The highest BCUT2D eigenvalue weighted by Crippen LogP contribution is 2.38. The number of aromatic amines is 2. The van der Waals surface area contributed by atoms with E-state index in [0.717, 1.165) is 52.2 Å². The van der Waals surface area contributed by atoms with Gasteiger partial charge in [0.15, 0.2) is 0 Å². The zero-order valence-electron chi connectivity index (χ0n) is 16.3. The highest BCUT2D eigenvalue weighted by Gasteiger charge is 2.28. The van der Waals surface area contributed by atoms with Gasteiger partial charge in [-0.15, -0.1) is 0 Å². The summed E-state index contributed by atoms with van der Waals surface area (Å²) in [5.74, 6) is 1.62. The predicted octanol–water partition coefficient (Wildman–Crippen LogP) is 3.88. The SMILES string of the molecule is COc1cc[nH]c1/C=C1\C(=O)Nc2ccc3[nH]c(CCc4ccc(O)cc4)nc3c21. The van der Waals surface area contributed by atoms with Crippen molar-refractivity contribution in [2.45, 2.75) is 12.8 Å². The van der Waals surface area contributed by atoms with Gasteiger partial charge in [-0.2, -0.15) is 0 Å². The number of imidazole rings is 1. The van der Waals surface area contributed by atoms with Crippen LogP contribution >= 0.6 is 0 Å². The van der Waals surface area contributed by atoms with Crippen LogP contribution in [0.15, 0.2) is 48.7 Å². The second-order valence-electron chi connectivity index (χ2n) is 7.21. The van der Waals surface area contributed by atoms with Gasteiger partial charge in [-0.05, 0) is 48.4 Å². The maximum atomic E-state index is 12.7. The van der Waals surface area contributed by atoms with Gasteiger partial charge >= 0.3 is 0 Å². The third-order valence-electron chi connectivity index (χ3n) is 5.30. The van der Waals surface area contributed by atoms with Crippen LogP contribution in [-0.4, -0.2) is 33.1 Å². The quantitative estimate of drug-likeness (QED) is 0.382. The van der Waals surface area contributed by atoms with Crippen LogP contribution in [0.5, 0.6) is 11.5 Å². The predicted molar refractivity (Wildman–Crippen MR) is 115 cm³/mol. The van der Waals surface area contributed by atoms with Crippen molar-refractivity contribution in [2.75, 3.05) is 12.4 Å². The number of carbonyl (C=O) groups excluding carboxylic acids is 1. The first-order valence-corrected chi connectivity index (χ1v) is 9.66. The van der Waals surface area contributed by atoms with E-state index in [1.807, 2.05) is 30.3 Å². The molecular formula is C23H20N4O3. The lowest BCUT2D eigenvalue weighted by Gasteiger charge is -2.01. The summed E-state index contributed by atoms with van der Waals surface area (Å²) in [5, 5.41) is 12.4. The molecule has 1 aliphatic rings. The minimum Gasteiger partial charge on any atom is -0.508 e. The van der Waals surface area contributed by atoms with E-state index >= 15 is 0 Å². The lowest BCUT2D eigenvalue weighted by atomic mass is 10.0. The fourth-order valence-electron chi connectivity index (χ4n) is 3.79. The number of amides is 1. The summed E-state index contributed by atoms with van der Waals surface area (Å²) in [6, 6.07) is 12.8.